The molecule has 0 saturated carbocycles. The molecule has 0 atom stereocenters. The minimum absolute atomic E-state index is 0.194. The number of nitrogens with zero attached hydrogens (tertiary/aromatic N) is 2. The number of hydrogen-bond donors (Lipinski definition) is 2. The van der Waals surface area contributed by atoms with E-state index in [1.165, 1.54) is 32.7 Å². The van der Waals surface area contributed by atoms with E-state index < -0.39 is 22.9 Å². The highest BCUT2D eigenvalue weighted by Crippen LogP contribution is 2.34. The predicted molar refractivity (Wildman–Crippen MR) is 243 cm³/mol. The summed E-state index contributed by atoms with van der Waals surface area (Å²) in [7, 11) is 0. The molecule has 3 aromatic rings. The third-order valence-corrected chi connectivity index (χ3v) is 9.95. The van der Waals surface area contributed by atoms with Crippen LogP contribution in [-0.4, -0.2) is 84.2 Å². The van der Waals surface area contributed by atoms with Gasteiger partial charge in [0.2, 0.25) is 0 Å². The molecule has 0 spiro atoms. The van der Waals surface area contributed by atoms with Crippen molar-refractivity contribution in [3.63, 3.8) is 0 Å². The number of rotatable bonds is 23. The van der Waals surface area contributed by atoms with Crippen LogP contribution in [0.5, 0.6) is 0 Å². The molecule has 0 radical (unpaired) electrons. The van der Waals surface area contributed by atoms with E-state index in [9.17, 15) is 14.4 Å². The van der Waals surface area contributed by atoms with Crippen molar-refractivity contribution in [3.8, 4) is 0 Å². The summed E-state index contributed by atoms with van der Waals surface area (Å²) >= 11 is 0. The van der Waals surface area contributed by atoms with Gasteiger partial charge < -0.3 is 34.6 Å². The molecular weight excluding hydrogens is 741 g/mol. The van der Waals surface area contributed by atoms with Gasteiger partial charge in [-0.15, -0.1) is 0 Å². The first-order chi connectivity index (χ1) is 27.9. The Bertz CT molecular complexity index is 1680. The second kappa shape index (κ2) is 24.3. The van der Waals surface area contributed by atoms with E-state index >= 15 is 0 Å². The van der Waals surface area contributed by atoms with E-state index in [2.05, 4.69) is 66.1 Å². The van der Waals surface area contributed by atoms with Crippen LogP contribution < -0.4 is 10.6 Å². The van der Waals surface area contributed by atoms with Crippen molar-refractivity contribution in [1.82, 2.24) is 20.4 Å². The average Bonchev–Trinajstić information content (AvgIpc) is 3.14. The van der Waals surface area contributed by atoms with Gasteiger partial charge in [-0.1, -0.05) is 81.1 Å². The Morgan fingerprint density at radius 2 is 0.915 bits per heavy atom. The van der Waals surface area contributed by atoms with Gasteiger partial charge in [-0.2, -0.15) is 0 Å². The van der Waals surface area contributed by atoms with Crippen molar-refractivity contribution in [2.45, 2.75) is 170 Å². The van der Waals surface area contributed by atoms with E-state index in [4.69, 9.17) is 14.2 Å². The molecule has 0 aromatic heterocycles. The van der Waals surface area contributed by atoms with Gasteiger partial charge in [-0.3, -0.25) is 0 Å². The Morgan fingerprint density at radius 3 is 1.37 bits per heavy atom. The number of hydrogen-bond acceptors (Lipinski definition) is 7. The van der Waals surface area contributed by atoms with E-state index in [1.54, 1.807) is 4.90 Å². The van der Waals surface area contributed by atoms with Gasteiger partial charge in [0.05, 0.1) is 0 Å². The van der Waals surface area contributed by atoms with E-state index in [0.29, 0.717) is 19.6 Å². The Balaban J connectivity index is 1.55. The molecule has 10 nitrogen and oxygen atoms in total. The number of nitrogens with one attached hydrogen (secondary N) is 2. The summed E-state index contributed by atoms with van der Waals surface area (Å²) < 4.78 is 16.8. The first kappa shape index (κ1) is 49.3. The zero-order chi connectivity index (χ0) is 43.5. The van der Waals surface area contributed by atoms with Crippen molar-refractivity contribution >= 4 is 39.8 Å². The highest BCUT2D eigenvalue weighted by Gasteiger charge is 2.23. The van der Waals surface area contributed by atoms with Crippen LogP contribution in [0.4, 0.5) is 14.4 Å². The number of amides is 3. The van der Waals surface area contributed by atoms with Crippen LogP contribution in [0.25, 0.3) is 21.5 Å². The summed E-state index contributed by atoms with van der Waals surface area (Å²) in [5.74, 6) is 0. The topological polar surface area (TPSA) is 109 Å². The molecule has 2 N–H and O–H groups in total. The minimum atomic E-state index is -0.573. The number of carbonyl (C=O) groups excluding carboxylic acids is 3. The van der Waals surface area contributed by atoms with Crippen LogP contribution in [0.15, 0.2) is 48.5 Å². The minimum Gasteiger partial charge on any atom is -0.444 e. The lowest BCUT2D eigenvalue weighted by atomic mass is 9.89. The molecule has 0 bridgehead atoms. The highest BCUT2D eigenvalue weighted by molar-refractivity contribution is 6.05. The van der Waals surface area contributed by atoms with Gasteiger partial charge in [0.25, 0.3) is 0 Å². The second-order valence-electron chi connectivity index (χ2n) is 18.9. The molecule has 10 heteroatoms. The fourth-order valence-corrected chi connectivity index (χ4v) is 7.22. The van der Waals surface area contributed by atoms with Crippen molar-refractivity contribution in [2.24, 2.45) is 0 Å². The molecule has 0 saturated heterocycles. The fraction of sp³-hybridized carbons (Fsp3) is 0.653. The largest absolute Gasteiger partial charge is 0.444 e. The van der Waals surface area contributed by atoms with Crippen LogP contribution in [0, 0.1) is 0 Å². The summed E-state index contributed by atoms with van der Waals surface area (Å²) in [6.45, 7) is 23.9. The number of unbranched alkanes of at least 4 members (excludes halogenated alkanes) is 7. The molecule has 330 valence electrons. The zero-order valence-electron chi connectivity index (χ0n) is 38.4. The lowest BCUT2D eigenvalue weighted by Crippen LogP contribution is -2.38. The number of alkyl carbamates (subject to hydrolysis) is 1. The van der Waals surface area contributed by atoms with Gasteiger partial charge in [0, 0.05) is 39.3 Å². The van der Waals surface area contributed by atoms with Crippen LogP contribution in [0.1, 0.15) is 151 Å². The fourth-order valence-electron chi connectivity index (χ4n) is 7.22. The van der Waals surface area contributed by atoms with Crippen molar-refractivity contribution < 1.29 is 28.6 Å². The summed E-state index contributed by atoms with van der Waals surface area (Å²) in [5, 5.41) is 11.8. The van der Waals surface area contributed by atoms with Crippen molar-refractivity contribution in [1.29, 1.82) is 0 Å². The smallest absolute Gasteiger partial charge is 0.410 e. The van der Waals surface area contributed by atoms with Crippen LogP contribution in [-0.2, 0) is 27.2 Å². The Hall–Kier alpha value is -4.05. The first-order valence-electron chi connectivity index (χ1n) is 22.4. The van der Waals surface area contributed by atoms with Crippen LogP contribution in [0.2, 0.25) is 0 Å². The molecule has 0 unspecified atom stereocenters. The Kier molecular flexibility index (Phi) is 20.3. The van der Waals surface area contributed by atoms with Gasteiger partial charge in [-0.05, 0) is 153 Å². The van der Waals surface area contributed by atoms with Crippen molar-refractivity contribution in [2.75, 3.05) is 39.3 Å². The molecule has 59 heavy (non-hydrogen) atoms. The van der Waals surface area contributed by atoms with Gasteiger partial charge in [0.15, 0.2) is 0 Å². The zero-order valence-corrected chi connectivity index (χ0v) is 38.4. The lowest BCUT2D eigenvalue weighted by Gasteiger charge is -2.27. The molecule has 0 fully saturated rings. The maximum Gasteiger partial charge on any atom is 0.410 e. The van der Waals surface area contributed by atoms with Crippen molar-refractivity contribution in [3.05, 3.63) is 59.7 Å². The summed E-state index contributed by atoms with van der Waals surface area (Å²) in [4.78, 5) is 41.7. The number of aryl methyl sites for hydroxylation is 1. The number of ether oxygens (including phenoxy) is 3. The van der Waals surface area contributed by atoms with Crippen LogP contribution in [0.3, 0.4) is 0 Å². The maximum atomic E-state index is 13.1. The summed E-state index contributed by atoms with van der Waals surface area (Å²) in [6, 6.07) is 17.6. The molecule has 3 amide bonds. The van der Waals surface area contributed by atoms with Gasteiger partial charge in [-0.25, -0.2) is 14.4 Å². The van der Waals surface area contributed by atoms with E-state index in [1.807, 2.05) is 67.2 Å². The van der Waals surface area contributed by atoms with E-state index in [-0.39, 0.29) is 12.2 Å². The summed E-state index contributed by atoms with van der Waals surface area (Å²) in [6.07, 6.45) is 10.9. The maximum absolute atomic E-state index is 13.1. The molecule has 0 aliphatic heterocycles. The quantitative estimate of drug-likeness (QED) is 0.0557. The number of fused-ring (bicyclic) bond motifs is 2. The van der Waals surface area contributed by atoms with E-state index in [0.717, 1.165) is 103 Å². The predicted octanol–water partition coefficient (Wildman–Crippen LogP) is 11.9. The third kappa shape index (κ3) is 18.8. The second-order valence-corrected chi connectivity index (χ2v) is 18.9. The Labute approximate surface area is 356 Å². The summed E-state index contributed by atoms with van der Waals surface area (Å²) in [5.41, 5.74) is 1.14. The van der Waals surface area contributed by atoms with Crippen LogP contribution >= 0.6 is 0 Å². The molecular formula is C49H78N4O6. The highest BCUT2D eigenvalue weighted by atomic mass is 16.6. The lowest BCUT2D eigenvalue weighted by molar-refractivity contribution is 0.0233. The number of carbonyl (C=O) groups is 3. The molecule has 3 aromatic carbocycles. The molecule has 0 aliphatic carbocycles. The van der Waals surface area contributed by atoms with Gasteiger partial charge >= 0.3 is 18.3 Å². The molecule has 0 heterocycles. The third-order valence-electron chi connectivity index (χ3n) is 9.95. The molecule has 0 aliphatic rings. The van der Waals surface area contributed by atoms with Gasteiger partial charge in [0.1, 0.15) is 16.8 Å². The molecule has 3 rings (SSSR count). The number of benzene rings is 3. The SMILES string of the molecule is CCCCCN(CCCCCCc1c2ccccc2c(CNCCCCN(CCCCNC(=O)OC(C)(C)C)C(=O)OC(C)(C)C)c2ccccc12)C(=O)OC(C)(C)C. The monoisotopic (exact) mass is 819 g/mol. The standard InChI is InChI=1S/C49H78N4O6/c1-11-12-22-33-52(45(55)58-48(5,6)7)34-23-14-13-15-26-38-39-27-16-18-29-41(39)43(42-30-19-17-28-40(38)42)37-50-31-20-24-35-53(46(56)59-49(8,9)10)36-25-21-32-51-44(54)57-47(2,3)4/h16-19,27-30,50H,11-15,20-26,31-37H2,1-10H3,(H,51,54). The average molecular weight is 819 g/mol. The first-order valence-corrected chi connectivity index (χ1v) is 22.4. The Morgan fingerprint density at radius 1 is 0.508 bits per heavy atom. The normalized spacial score (nSPS) is 12.1.